The topological polar surface area (TPSA) is 56.5 Å². The molecule has 0 N–H and O–H groups in total. The SMILES string of the molecule is CCOC(=O)[n+]1ccccc1OC(C)=O. The molecular weight excluding hydrogens is 198 g/mol. The third kappa shape index (κ3) is 3.05. The van der Waals surface area contributed by atoms with Gasteiger partial charge >= 0.3 is 17.9 Å². The molecule has 15 heavy (non-hydrogen) atoms. The molecule has 0 aliphatic carbocycles. The van der Waals surface area contributed by atoms with E-state index in [4.69, 9.17) is 9.47 Å². The fourth-order valence-corrected chi connectivity index (χ4v) is 1.00. The Hall–Kier alpha value is -1.91. The minimum Gasteiger partial charge on any atom is -0.412 e. The molecule has 0 unspecified atom stereocenters. The van der Waals surface area contributed by atoms with Crippen LogP contribution in [0.25, 0.3) is 0 Å². The number of esters is 1. The van der Waals surface area contributed by atoms with Gasteiger partial charge in [0.15, 0.2) is 6.20 Å². The van der Waals surface area contributed by atoms with Crippen molar-refractivity contribution in [1.29, 1.82) is 0 Å². The number of carbonyl (C=O) groups excluding carboxylic acids is 2. The minimum atomic E-state index is -0.575. The van der Waals surface area contributed by atoms with Gasteiger partial charge in [-0.1, -0.05) is 4.57 Å². The lowest BCUT2D eigenvalue weighted by Gasteiger charge is -1.99. The maximum Gasteiger partial charge on any atom is 0.605 e. The van der Waals surface area contributed by atoms with Crippen molar-refractivity contribution in [3.05, 3.63) is 24.4 Å². The van der Waals surface area contributed by atoms with Crippen LogP contribution in [0.3, 0.4) is 0 Å². The molecule has 1 rings (SSSR count). The largest absolute Gasteiger partial charge is 0.605 e. The number of carbonyl (C=O) groups is 2. The van der Waals surface area contributed by atoms with Gasteiger partial charge in [0.2, 0.25) is 0 Å². The minimum absolute atomic E-state index is 0.142. The average Bonchev–Trinajstić information content (AvgIpc) is 2.18. The Kier molecular flexibility index (Phi) is 3.79. The highest BCUT2D eigenvalue weighted by Gasteiger charge is 2.23. The number of hydrogen-bond acceptors (Lipinski definition) is 4. The molecule has 0 fully saturated rings. The summed E-state index contributed by atoms with van der Waals surface area (Å²) in [6.07, 6.45) is 0.894. The van der Waals surface area contributed by atoms with Crippen molar-refractivity contribution in [2.75, 3.05) is 6.61 Å². The van der Waals surface area contributed by atoms with E-state index < -0.39 is 12.1 Å². The molecule has 1 aromatic heterocycles. The van der Waals surface area contributed by atoms with E-state index in [0.29, 0.717) is 0 Å². The predicted molar refractivity (Wildman–Crippen MR) is 50.4 cm³/mol. The second-order valence-corrected chi connectivity index (χ2v) is 2.70. The van der Waals surface area contributed by atoms with Crippen LogP contribution >= 0.6 is 0 Å². The smallest absolute Gasteiger partial charge is 0.412 e. The second kappa shape index (κ2) is 5.09. The Labute approximate surface area is 87.2 Å². The van der Waals surface area contributed by atoms with Crippen LogP contribution in [0.4, 0.5) is 4.79 Å². The Bertz CT molecular complexity index is 375. The number of ether oxygens (including phenoxy) is 2. The molecule has 80 valence electrons. The Balaban J connectivity index is 2.95. The van der Waals surface area contributed by atoms with Gasteiger partial charge in [-0.25, -0.2) is 0 Å². The van der Waals surface area contributed by atoms with Crippen LogP contribution in [-0.2, 0) is 9.53 Å². The summed E-state index contributed by atoms with van der Waals surface area (Å²) in [6, 6.07) is 4.82. The van der Waals surface area contributed by atoms with Crippen LogP contribution in [0.15, 0.2) is 24.4 Å². The molecular formula is C10H12NO4+. The van der Waals surface area contributed by atoms with Crippen LogP contribution in [0.5, 0.6) is 5.88 Å². The highest BCUT2D eigenvalue weighted by molar-refractivity contribution is 5.68. The van der Waals surface area contributed by atoms with Gasteiger partial charge in [-0.05, 0) is 13.0 Å². The van der Waals surface area contributed by atoms with Gasteiger partial charge in [0, 0.05) is 13.0 Å². The van der Waals surface area contributed by atoms with Crippen molar-refractivity contribution in [3.8, 4) is 5.88 Å². The zero-order chi connectivity index (χ0) is 11.3. The van der Waals surface area contributed by atoms with Crippen molar-refractivity contribution in [3.63, 3.8) is 0 Å². The van der Waals surface area contributed by atoms with E-state index in [2.05, 4.69) is 0 Å². The van der Waals surface area contributed by atoms with Crippen molar-refractivity contribution < 1.29 is 23.6 Å². The van der Waals surface area contributed by atoms with Crippen molar-refractivity contribution in [2.24, 2.45) is 0 Å². The molecule has 0 aliphatic rings. The van der Waals surface area contributed by atoms with Gasteiger partial charge in [0.25, 0.3) is 0 Å². The standard InChI is InChI=1S/C10H12NO4/c1-3-14-10(13)11-7-5-4-6-9(11)15-8(2)12/h4-7H,3H2,1-2H3/q+1. The van der Waals surface area contributed by atoms with Crippen LogP contribution in [-0.4, -0.2) is 18.7 Å². The molecule has 0 spiro atoms. The maximum atomic E-state index is 11.4. The van der Waals surface area contributed by atoms with Crippen molar-refractivity contribution in [2.45, 2.75) is 13.8 Å². The average molecular weight is 210 g/mol. The number of nitrogens with zero attached hydrogens (tertiary/aromatic N) is 1. The van der Waals surface area contributed by atoms with E-state index in [1.165, 1.54) is 19.2 Å². The first-order chi connectivity index (χ1) is 7.15. The third-order valence-corrected chi connectivity index (χ3v) is 1.54. The first-order valence-electron chi connectivity index (χ1n) is 4.51. The zero-order valence-electron chi connectivity index (χ0n) is 8.60. The zero-order valence-corrected chi connectivity index (χ0v) is 8.60. The fourth-order valence-electron chi connectivity index (χ4n) is 1.00. The van der Waals surface area contributed by atoms with Gasteiger partial charge in [-0.3, -0.25) is 4.79 Å². The van der Waals surface area contributed by atoms with E-state index in [1.54, 1.807) is 19.1 Å². The highest BCUT2D eigenvalue weighted by Crippen LogP contribution is 2.02. The summed E-state index contributed by atoms with van der Waals surface area (Å²) in [5, 5.41) is 0. The summed E-state index contributed by atoms with van der Waals surface area (Å²) >= 11 is 0. The molecule has 5 nitrogen and oxygen atoms in total. The van der Waals surface area contributed by atoms with E-state index in [-0.39, 0.29) is 12.5 Å². The summed E-state index contributed by atoms with van der Waals surface area (Å²) < 4.78 is 10.7. The van der Waals surface area contributed by atoms with Gasteiger partial charge in [-0.2, -0.15) is 4.79 Å². The number of hydrogen-bond donors (Lipinski definition) is 0. The van der Waals surface area contributed by atoms with Crippen LogP contribution in [0, 0.1) is 0 Å². The van der Waals surface area contributed by atoms with E-state index in [9.17, 15) is 9.59 Å². The van der Waals surface area contributed by atoms with Crippen LogP contribution < -0.4 is 9.30 Å². The monoisotopic (exact) mass is 210 g/mol. The second-order valence-electron chi connectivity index (χ2n) is 2.70. The maximum absolute atomic E-state index is 11.4. The van der Waals surface area contributed by atoms with E-state index >= 15 is 0 Å². The van der Waals surface area contributed by atoms with Gasteiger partial charge in [-0.15, -0.1) is 0 Å². The van der Waals surface area contributed by atoms with Crippen LogP contribution in [0.1, 0.15) is 13.8 Å². The molecule has 0 bridgehead atoms. The van der Waals surface area contributed by atoms with Gasteiger partial charge < -0.3 is 9.47 Å². The molecule has 1 aromatic rings. The first-order valence-corrected chi connectivity index (χ1v) is 4.51. The lowest BCUT2D eigenvalue weighted by Crippen LogP contribution is -2.44. The predicted octanol–water partition coefficient (Wildman–Crippen LogP) is 0.904. The molecule has 0 amide bonds. The molecule has 0 radical (unpaired) electrons. The number of pyridine rings is 1. The van der Waals surface area contributed by atoms with Crippen molar-refractivity contribution in [1.82, 2.24) is 0 Å². The molecule has 5 heteroatoms. The molecule has 1 heterocycles. The van der Waals surface area contributed by atoms with E-state index in [1.807, 2.05) is 0 Å². The molecule has 0 atom stereocenters. The molecule has 0 aliphatic heterocycles. The molecule has 0 aromatic carbocycles. The first kappa shape index (κ1) is 11.2. The number of rotatable bonds is 2. The summed E-state index contributed by atoms with van der Waals surface area (Å²) in [5.74, 6) is -0.345. The molecule has 0 saturated heterocycles. The normalized spacial score (nSPS) is 9.47. The summed E-state index contributed by atoms with van der Waals surface area (Å²) in [5.41, 5.74) is 0. The quantitative estimate of drug-likeness (QED) is 0.537. The highest BCUT2D eigenvalue weighted by atomic mass is 16.6. The Morgan fingerprint density at radius 3 is 2.73 bits per heavy atom. The Morgan fingerprint density at radius 1 is 1.40 bits per heavy atom. The fraction of sp³-hybridized carbons (Fsp3) is 0.300. The van der Waals surface area contributed by atoms with E-state index in [0.717, 1.165) is 4.57 Å². The number of aromatic nitrogens is 1. The summed E-state index contributed by atoms with van der Waals surface area (Å²) in [7, 11) is 0. The molecule has 0 saturated carbocycles. The third-order valence-electron chi connectivity index (χ3n) is 1.54. The Morgan fingerprint density at radius 2 is 2.13 bits per heavy atom. The lowest BCUT2D eigenvalue weighted by atomic mass is 10.5. The summed E-state index contributed by atoms with van der Waals surface area (Å²) in [4.78, 5) is 22.2. The van der Waals surface area contributed by atoms with Crippen molar-refractivity contribution >= 4 is 12.1 Å². The summed E-state index contributed by atoms with van der Waals surface area (Å²) in [6.45, 7) is 3.23. The van der Waals surface area contributed by atoms with Gasteiger partial charge in [0.1, 0.15) is 0 Å². The van der Waals surface area contributed by atoms with Crippen LogP contribution in [0.2, 0.25) is 0 Å². The van der Waals surface area contributed by atoms with Gasteiger partial charge in [0.05, 0.1) is 12.7 Å². The lowest BCUT2D eigenvalue weighted by molar-refractivity contribution is -0.591.